The van der Waals surface area contributed by atoms with E-state index in [9.17, 15) is 9.90 Å². The molecule has 28 heavy (non-hydrogen) atoms. The highest BCUT2D eigenvalue weighted by Crippen LogP contribution is 2.30. The molecule has 152 valence electrons. The Labute approximate surface area is 174 Å². The second-order valence-electron chi connectivity index (χ2n) is 6.80. The molecule has 9 heteroatoms. The zero-order valence-electron chi connectivity index (χ0n) is 16.2. The number of anilines is 1. The Bertz CT molecular complexity index is 861. The Morgan fingerprint density at radius 1 is 1.29 bits per heavy atom. The minimum atomic E-state index is -0.775. The number of rotatable bonds is 5. The fourth-order valence-corrected chi connectivity index (χ4v) is 3.74. The first-order chi connectivity index (χ1) is 13.3. The molecule has 1 saturated heterocycles. The number of carbonyl (C=O) groups excluding carboxylic acids is 1. The van der Waals surface area contributed by atoms with Gasteiger partial charge in [-0.1, -0.05) is 23.2 Å². The predicted octanol–water partition coefficient (Wildman–Crippen LogP) is 2.91. The Hall–Kier alpha value is -1.96. The van der Waals surface area contributed by atoms with Gasteiger partial charge >= 0.3 is 0 Å². The molecular formula is C19H24Cl2N4O3. The van der Waals surface area contributed by atoms with Crippen molar-refractivity contribution in [2.24, 2.45) is 0 Å². The van der Waals surface area contributed by atoms with Crippen LogP contribution in [0.3, 0.4) is 0 Å². The van der Waals surface area contributed by atoms with Crippen LogP contribution in [0, 0.1) is 6.92 Å². The first-order valence-electron chi connectivity index (χ1n) is 9.09. The number of halogens is 2. The monoisotopic (exact) mass is 426 g/mol. The van der Waals surface area contributed by atoms with Crippen LogP contribution in [0.4, 0.5) is 5.69 Å². The Kier molecular flexibility index (Phi) is 6.37. The number of hydrogen-bond donors (Lipinski definition) is 1. The molecule has 0 bridgehead atoms. The van der Waals surface area contributed by atoms with E-state index in [2.05, 4.69) is 10.00 Å². The molecule has 1 fully saturated rings. The molecule has 0 radical (unpaired) electrons. The number of carbonyl (C=O) groups is 1. The van der Waals surface area contributed by atoms with Crippen LogP contribution < -0.4 is 9.64 Å². The lowest BCUT2D eigenvalue weighted by molar-refractivity contribution is -0.132. The highest BCUT2D eigenvalue weighted by molar-refractivity contribution is 6.32. The van der Waals surface area contributed by atoms with E-state index in [1.54, 1.807) is 25.6 Å². The molecule has 0 spiro atoms. The summed E-state index contributed by atoms with van der Waals surface area (Å²) in [6.07, 6.45) is -0.775. The van der Waals surface area contributed by atoms with E-state index in [1.165, 1.54) is 0 Å². The number of piperazine rings is 1. The van der Waals surface area contributed by atoms with E-state index in [0.29, 0.717) is 53.4 Å². The van der Waals surface area contributed by atoms with Crippen molar-refractivity contribution >= 4 is 34.8 Å². The molecule has 0 saturated carbocycles. The quantitative estimate of drug-likeness (QED) is 0.795. The third kappa shape index (κ3) is 4.21. The zero-order chi connectivity index (χ0) is 20.4. The first-order valence-corrected chi connectivity index (χ1v) is 9.84. The van der Waals surface area contributed by atoms with Gasteiger partial charge in [0.25, 0.3) is 0 Å². The maximum atomic E-state index is 12.7. The zero-order valence-corrected chi connectivity index (χ0v) is 17.7. The fraction of sp³-hybridized carbons (Fsp3) is 0.474. The lowest BCUT2D eigenvalue weighted by Gasteiger charge is -2.36. The summed E-state index contributed by atoms with van der Waals surface area (Å²) in [6.45, 7) is 6.16. The maximum Gasteiger partial charge on any atom is 0.244 e. The van der Waals surface area contributed by atoms with Gasteiger partial charge in [-0.15, -0.1) is 0 Å². The average molecular weight is 427 g/mol. The van der Waals surface area contributed by atoms with Gasteiger partial charge < -0.3 is 19.6 Å². The number of hydrogen-bond acceptors (Lipinski definition) is 5. The number of aliphatic hydroxyl groups is 1. The molecule has 1 N–H and O–H groups in total. The fourth-order valence-electron chi connectivity index (χ4n) is 3.26. The molecule has 1 unspecified atom stereocenters. The number of methoxy groups -OCH3 is 1. The molecule has 2 heterocycles. The summed E-state index contributed by atoms with van der Waals surface area (Å²) in [6, 6.07) is 5.68. The smallest absolute Gasteiger partial charge is 0.244 e. The van der Waals surface area contributed by atoms with Crippen LogP contribution in [-0.2, 0) is 11.3 Å². The van der Waals surface area contributed by atoms with Crippen molar-refractivity contribution in [3.8, 4) is 5.75 Å². The summed E-state index contributed by atoms with van der Waals surface area (Å²) in [5.74, 6) is 0.616. The summed E-state index contributed by atoms with van der Waals surface area (Å²) < 4.78 is 6.84. The van der Waals surface area contributed by atoms with Crippen LogP contribution in [0.25, 0.3) is 0 Å². The number of ether oxygens (including phenoxy) is 1. The van der Waals surface area contributed by atoms with E-state index in [1.807, 2.05) is 23.1 Å². The normalized spacial score (nSPS) is 15.6. The number of nitrogens with zero attached hydrogens (tertiary/aromatic N) is 4. The summed E-state index contributed by atoms with van der Waals surface area (Å²) in [7, 11) is 1.59. The third-order valence-corrected chi connectivity index (χ3v) is 5.75. The lowest BCUT2D eigenvalue weighted by Crippen LogP contribution is -2.49. The van der Waals surface area contributed by atoms with Crippen molar-refractivity contribution in [1.29, 1.82) is 0 Å². The largest absolute Gasteiger partial charge is 0.495 e. The standard InChI is InChI=1S/C19H24Cl2N4O3/c1-12-18(21)19(13(2)26)22-25(12)11-17(27)24-8-6-23(7-9-24)14-4-5-15(20)16(10-14)28-3/h4-5,10,13,26H,6-9,11H2,1-3H3. The van der Waals surface area contributed by atoms with Crippen LogP contribution in [0.5, 0.6) is 5.75 Å². The third-order valence-electron chi connectivity index (χ3n) is 4.97. The lowest BCUT2D eigenvalue weighted by atomic mass is 10.2. The van der Waals surface area contributed by atoms with E-state index in [-0.39, 0.29) is 12.5 Å². The number of benzene rings is 1. The van der Waals surface area contributed by atoms with Gasteiger partial charge in [0.1, 0.15) is 18.0 Å². The van der Waals surface area contributed by atoms with Gasteiger partial charge in [0.2, 0.25) is 5.91 Å². The minimum Gasteiger partial charge on any atom is -0.495 e. The van der Waals surface area contributed by atoms with Crippen LogP contribution in [-0.4, -0.2) is 59.0 Å². The number of amides is 1. The maximum absolute atomic E-state index is 12.7. The van der Waals surface area contributed by atoms with Crippen molar-refractivity contribution in [3.05, 3.63) is 39.6 Å². The van der Waals surface area contributed by atoms with Crippen molar-refractivity contribution < 1.29 is 14.6 Å². The van der Waals surface area contributed by atoms with Crippen molar-refractivity contribution in [3.63, 3.8) is 0 Å². The second kappa shape index (κ2) is 8.59. The van der Waals surface area contributed by atoms with Crippen LogP contribution in [0.2, 0.25) is 10.0 Å². The van der Waals surface area contributed by atoms with Gasteiger partial charge in [-0.25, -0.2) is 0 Å². The molecule has 1 aliphatic heterocycles. The number of aromatic nitrogens is 2. The molecule has 2 aromatic rings. The second-order valence-corrected chi connectivity index (χ2v) is 7.59. The topological polar surface area (TPSA) is 70.8 Å². The molecule has 1 atom stereocenters. The molecule has 1 aromatic carbocycles. The molecule has 3 rings (SSSR count). The number of aliphatic hydroxyl groups excluding tert-OH is 1. The molecule has 1 amide bonds. The molecule has 7 nitrogen and oxygen atoms in total. The van der Waals surface area contributed by atoms with Crippen molar-refractivity contribution in [2.75, 3.05) is 38.2 Å². The summed E-state index contributed by atoms with van der Waals surface area (Å²) in [5.41, 5.74) is 2.09. The highest BCUT2D eigenvalue weighted by Gasteiger charge is 2.24. The van der Waals surface area contributed by atoms with E-state index in [4.69, 9.17) is 27.9 Å². The summed E-state index contributed by atoms with van der Waals surface area (Å²) in [5, 5.41) is 15.0. The Balaban J connectivity index is 1.62. The van der Waals surface area contributed by atoms with Gasteiger partial charge in [-0.3, -0.25) is 9.48 Å². The van der Waals surface area contributed by atoms with Crippen LogP contribution in [0.15, 0.2) is 18.2 Å². The minimum absolute atomic E-state index is 0.0206. The van der Waals surface area contributed by atoms with Crippen LogP contribution >= 0.6 is 23.2 Å². The van der Waals surface area contributed by atoms with Gasteiger partial charge in [-0.2, -0.15) is 5.10 Å². The van der Waals surface area contributed by atoms with Gasteiger partial charge in [-0.05, 0) is 26.0 Å². The van der Waals surface area contributed by atoms with E-state index >= 15 is 0 Å². The first kappa shape index (κ1) is 20.8. The van der Waals surface area contributed by atoms with Gasteiger partial charge in [0, 0.05) is 37.9 Å². The molecule has 1 aliphatic rings. The highest BCUT2D eigenvalue weighted by atomic mass is 35.5. The van der Waals surface area contributed by atoms with Crippen molar-refractivity contribution in [2.45, 2.75) is 26.5 Å². The van der Waals surface area contributed by atoms with Gasteiger partial charge in [0.15, 0.2) is 0 Å². The Morgan fingerprint density at radius 3 is 2.54 bits per heavy atom. The summed E-state index contributed by atoms with van der Waals surface area (Å²) >= 11 is 12.3. The predicted molar refractivity (Wildman–Crippen MR) is 109 cm³/mol. The molecule has 0 aliphatic carbocycles. The van der Waals surface area contributed by atoms with E-state index in [0.717, 1.165) is 5.69 Å². The Morgan fingerprint density at radius 2 is 1.96 bits per heavy atom. The SMILES string of the molecule is COc1cc(N2CCN(C(=O)Cn3nc(C(C)O)c(Cl)c3C)CC2)ccc1Cl. The van der Waals surface area contributed by atoms with E-state index < -0.39 is 6.10 Å². The average Bonchev–Trinajstić information content (AvgIpc) is 2.97. The van der Waals surface area contributed by atoms with Crippen molar-refractivity contribution in [1.82, 2.24) is 14.7 Å². The summed E-state index contributed by atoms with van der Waals surface area (Å²) in [4.78, 5) is 16.7. The van der Waals surface area contributed by atoms with Gasteiger partial charge in [0.05, 0.1) is 29.0 Å². The van der Waals surface area contributed by atoms with Crippen LogP contribution in [0.1, 0.15) is 24.4 Å². The molecular weight excluding hydrogens is 403 g/mol. The molecule has 1 aromatic heterocycles.